The molecule has 0 aliphatic heterocycles. The van der Waals surface area contributed by atoms with E-state index < -0.39 is 18.2 Å². The maximum atomic E-state index is 12.4. The highest BCUT2D eigenvalue weighted by Gasteiger charge is 2.26. The third kappa shape index (κ3) is 31.9. The third-order valence-electron chi connectivity index (χ3n) is 9.96. The Kier molecular flexibility index (Phi) is 36.6. The highest BCUT2D eigenvalue weighted by molar-refractivity contribution is 5.76. The first-order valence-corrected chi connectivity index (χ1v) is 20.8. The van der Waals surface area contributed by atoms with Crippen LogP contribution in [0.3, 0.4) is 0 Å². The molecule has 0 heterocycles. The first-order valence-electron chi connectivity index (χ1n) is 20.8. The monoisotopic (exact) mass is 654 g/mol. The molecule has 0 aromatic heterocycles. The average Bonchev–Trinajstić information content (AvgIpc) is 3.06. The van der Waals surface area contributed by atoms with E-state index in [1.807, 2.05) is 0 Å². The van der Waals surface area contributed by atoms with E-state index in [0.717, 1.165) is 32.1 Å². The Morgan fingerprint density at radius 1 is 0.457 bits per heavy atom. The smallest absolute Gasteiger partial charge is 0.220 e. The average molecular weight is 654 g/mol. The number of carbonyl (C=O) groups is 1. The molecule has 0 fully saturated rings. The van der Waals surface area contributed by atoms with Gasteiger partial charge in [0, 0.05) is 6.42 Å². The minimum Gasteiger partial charge on any atom is -0.394 e. The van der Waals surface area contributed by atoms with Crippen molar-refractivity contribution in [3.8, 4) is 0 Å². The zero-order valence-electron chi connectivity index (χ0n) is 31.2. The van der Waals surface area contributed by atoms with Crippen LogP contribution in [0.15, 0.2) is 0 Å². The molecule has 0 aliphatic carbocycles. The van der Waals surface area contributed by atoms with Crippen molar-refractivity contribution in [3.05, 3.63) is 0 Å². The van der Waals surface area contributed by atoms with Crippen molar-refractivity contribution in [1.82, 2.24) is 5.32 Å². The lowest BCUT2D eigenvalue weighted by Gasteiger charge is -2.26. The molecule has 0 aliphatic rings. The molecule has 3 atom stereocenters. The number of hydrogen-bond acceptors (Lipinski definition) is 4. The predicted molar refractivity (Wildman–Crippen MR) is 199 cm³/mol. The molecule has 0 saturated heterocycles. The maximum Gasteiger partial charge on any atom is 0.220 e. The van der Waals surface area contributed by atoms with Crippen LogP contribution in [0.1, 0.15) is 232 Å². The van der Waals surface area contributed by atoms with Crippen molar-refractivity contribution >= 4 is 5.91 Å². The summed E-state index contributed by atoms with van der Waals surface area (Å²) in [5.41, 5.74) is 0. The lowest BCUT2D eigenvalue weighted by Crippen LogP contribution is -2.50. The van der Waals surface area contributed by atoms with Gasteiger partial charge in [0.2, 0.25) is 5.91 Å². The van der Waals surface area contributed by atoms with Crippen molar-refractivity contribution in [2.45, 2.75) is 250 Å². The molecule has 0 radical (unpaired) electrons. The van der Waals surface area contributed by atoms with Gasteiger partial charge in [0.1, 0.15) is 6.10 Å². The summed E-state index contributed by atoms with van der Waals surface area (Å²) in [4.78, 5) is 12.4. The minimum absolute atomic E-state index is 0.141. The van der Waals surface area contributed by atoms with Crippen LogP contribution in [-0.4, -0.2) is 46.1 Å². The number of hydrogen-bond donors (Lipinski definition) is 4. The van der Waals surface area contributed by atoms with Crippen LogP contribution in [0.4, 0.5) is 0 Å². The molecule has 0 aromatic rings. The van der Waals surface area contributed by atoms with Crippen LogP contribution >= 0.6 is 0 Å². The Bertz CT molecular complexity index is 601. The second-order valence-corrected chi connectivity index (χ2v) is 14.6. The van der Waals surface area contributed by atoms with E-state index in [1.165, 1.54) is 173 Å². The largest absolute Gasteiger partial charge is 0.394 e. The van der Waals surface area contributed by atoms with Crippen LogP contribution < -0.4 is 5.32 Å². The summed E-state index contributed by atoms with van der Waals surface area (Å²) in [6.07, 6.45) is 40.5. The number of aliphatic hydroxyl groups excluding tert-OH is 3. The Hall–Kier alpha value is -0.650. The summed E-state index contributed by atoms with van der Waals surface area (Å²) in [6.45, 7) is 4.19. The Morgan fingerprint density at radius 2 is 0.739 bits per heavy atom. The molecule has 0 bridgehead atoms. The van der Waals surface area contributed by atoms with Gasteiger partial charge >= 0.3 is 0 Å². The van der Waals surface area contributed by atoms with Gasteiger partial charge in [0.05, 0.1) is 18.8 Å². The summed E-state index contributed by atoms with van der Waals surface area (Å²) < 4.78 is 0. The highest BCUT2D eigenvalue weighted by atomic mass is 16.3. The fourth-order valence-electron chi connectivity index (χ4n) is 6.69. The number of amides is 1. The van der Waals surface area contributed by atoms with Crippen LogP contribution in [0.2, 0.25) is 0 Å². The summed E-state index contributed by atoms with van der Waals surface area (Å²) in [6, 6.07) is -0.801. The molecule has 46 heavy (non-hydrogen) atoms. The van der Waals surface area contributed by atoms with Gasteiger partial charge in [-0.15, -0.1) is 0 Å². The first kappa shape index (κ1) is 45.3. The van der Waals surface area contributed by atoms with Crippen molar-refractivity contribution in [2.75, 3.05) is 6.61 Å². The lowest BCUT2D eigenvalue weighted by molar-refractivity contribution is -0.124. The second-order valence-electron chi connectivity index (χ2n) is 14.6. The molecule has 0 saturated carbocycles. The van der Waals surface area contributed by atoms with E-state index in [-0.39, 0.29) is 12.5 Å². The Balaban J connectivity index is 3.61. The number of aliphatic hydroxyl groups is 3. The normalized spacial score (nSPS) is 13.6. The fourth-order valence-corrected chi connectivity index (χ4v) is 6.69. The quantitative estimate of drug-likeness (QED) is 0.0499. The molecular formula is C41H83NO4. The van der Waals surface area contributed by atoms with E-state index in [1.54, 1.807) is 0 Å². The molecule has 5 heteroatoms. The molecule has 276 valence electrons. The standard InChI is InChI=1S/C41H83NO4/c1-3-5-7-9-11-13-15-17-19-20-22-23-25-27-29-31-33-35-39(44)41(46)38(37-43)42-40(45)36-34-32-30-28-26-24-21-18-16-14-12-10-8-6-4-2/h38-39,41,43-44,46H,3-37H2,1-2H3,(H,42,45). The van der Waals surface area contributed by atoms with Gasteiger partial charge in [-0.2, -0.15) is 0 Å². The summed E-state index contributed by atoms with van der Waals surface area (Å²) in [7, 11) is 0. The second kappa shape index (κ2) is 37.2. The van der Waals surface area contributed by atoms with E-state index in [9.17, 15) is 20.1 Å². The highest BCUT2D eigenvalue weighted by Crippen LogP contribution is 2.17. The lowest BCUT2D eigenvalue weighted by atomic mass is 9.99. The number of carbonyl (C=O) groups excluding carboxylic acids is 1. The predicted octanol–water partition coefficient (Wildman–Crippen LogP) is 11.5. The molecular weight excluding hydrogens is 570 g/mol. The Labute approximate surface area is 287 Å². The zero-order chi connectivity index (χ0) is 33.8. The molecule has 4 N–H and O–H groups in total. The van der Waals surface area contributed by atoms with Gasteiger partial charge in [-0.3, -0.25) is 4.79 Å². The minimum atomic E-state index is -1.13. The zero-order valence-corrected chi connectivity index (χ0v) is 31.2. The van der Waals surface area contributed by atoms with Gasteiger partial charge in [-0.25, -0.2) is 0 Å². The van der Waals surface area contributed by atoms with E-state index >= 15 is 0 Å². The van der Waals surface area contributed by atoms with Crippen LogP contribution in [0, 0.1) is 0 Å². The summed E-state index contributed by atoms with van der Waals surface area (Å²) in [5, 5.41) is 33.5. The van der Waals surface area contributed by atoms with Crippen LogP contribution in [0.5, 0.6) is 0 Å². The molecule has 5 nitrogen and oxygen atoms in total. The van der Waals surface area contributed by atoms with Crippen molar-refractivity contribution < 1.29 is 20.1 Å². The number of rotatable bonds is 38. The van der Waals surface area contributed by atoms with Gasteiger partial charge in [0.25, 0.3) is 0 Å². The van der Waals surface area contributed by atoms with E-state index in [4.69, 9.17) is 0 Å². The van der Waals surface area contributed by atoms with Crippen molar-refractivity contribution in [3.63, 3.8) is 0 Å². The fraction of sp³-hybridized carbons (Fsp3) is 0.976. The van der Waals surface area contributed by atoms with Gasteiger partial charge in [-0.1, -0.05) is 213 Å². The van der Waals surface area contributed by atoms with Gasteiger partial charge < -0.3 is 20.6 Å². The molecule has 0 spiro atoms. The van der Waals surface area contributed by atoms with E-state index in [0.29, 0.717) is 12.8 Å². The van der Waals surface area contributed by atoms with E-state index in [2.05, 4.69) is 19.2 Å². The molecule has 3 unspecified atom stereocenters. The number of nitrogens with one attached hydrogen (secondary N) is 1. The summed E-state index contributed by atoms with van der Waals surface area (Å²) in [5.74, 6) is -0.141. The van der Waals surface area contributed by atoms with Crippen LogP contribution in [-0.2, 0) is 4.79 Å². The first-order chi connectivity index (χ1) is 22.6. The topological polar surface area (TPSA) is 89.8 Å². The summed E-state index contributed by atoms with van der Waals surface area (Å²) >= 11 is 0. The van der Waals surface area contributed by atoms with Crippen molar-refractivity contribution in [2.24, 2.45) is 0 Å². The maximum absolute atomic E-state index is 12.4. The Morgan fingerprint density at radius 3 is 1.04 bits per heavy atom. The molecule has 1 amide bonds. The van der Waals surface area contributed by atoms with Crippen LogP contribution in [0.25, 0.3) is 0 Å². The SMILES string of the molecule is CCCCCCCCCCCCCCCCCCCC(O)C(O)C(CO)NC(=O)CCCCCCCCCCCCCCCCC. The van der Waals surface area contributed by atoms with Gasteiger partial charge in [0.15, 0.2) is 0 Å². The number of unbranched alkanes of at least 4 members (excludes halogenated alkanes) is 30. The van der Waals surface area contributed by atoms with Crippen molar-refractivity contribution in [1.29, 1.82) is 0 Å². The molecule has 0 rings (SSSR count). The molecule has 0 aromatic carbocycles. The third-order valence-corrected chi connectivity index (χ3v) is 9.96. The van der Waals surface area contributed by atoms with Gasteiger partial charge in [-0.05, 0) is 12.8 Å².